The lowest BCUT2D eigenvalue weighted by Gasteiger charge is -2.22. The lowest BCUT2D eigenvalue weighted by Crippen LogP contribution is -2.40. The second-order valence-corrected chi connectivity index (χ2v) is 6.73. The number of carbonyl (C=O) groups is 2. The summed E-state index contributed by atoms with van der Waals surface area (Å²) in [5.74, 6) is 0.195. The van der Waals surface area contributed by atoms with E-state index in [-0.39, 0.29) is 18.4 Å². The first-order chi connectivity index (χ1) is 13.1. The van der Waals surface area contributed by atoms with Gasteiger partial charge >= 0.3 is 0 Å². The van der Waals surface area contributed by atoms with Crippen LogP contribution in [0.4, 0.5) is 5.13 Å². The molecule has 2 rings (SSSR count). The van der Waals surface area contributed by atoms with Crippen molar-refractivity contribution in [3.63, 3.8) is 0 Å². The van der Waals surface area contributed by atoms with Crippen LogP contribution in [-0.2, 0) is 9.53 Å². The molecule has 0 spiro atoms. The first kappa shape index (κ1) is 20.9. The Labute approximate surface area is 163 Å². The molecule has 27 heavy (non-hydrogen) atoms. The number of hydrogen-bond donors (Lipinski definition) is 1. The number of methoxy groups -OCH3 is 1. The van der Waals surface area contributed by atoms with E-state index in [0.29, 0.717) is 30.5 Å². The first-order valence-electron chi connectivity index (χ1n) is 8.84. The van der Waals surface area contributed by atoms with Crippen molar-refractivity contribution in [3.05, 3.63) is 41.4 Å². The average molecular weight is 391 g/mol. The minimum atomic E-state index is -0.297. The molecule has 1 N–H and O–H groups in total. The molecule has 0 atom stereocenters. The highest BCUT2D eigenvalue weighted by molar-refractivity contribution is 7.13. The molecule has 0 saturated carbocycles. The summed E-state index contributed by atoms with van der Waals surface area (Å²) >= 11 is 1.33. The van der Waals surface area contributed by atoms with E-state index in [1.54, 1.807) is 43.0 Å². The molecule has 1 aromatic carbocycles. The van der Waals surface area contributed by atoms with Crippen LogP contribution in [0, 0.1) is 0 Å². The van der Waals surface area contributed by atoms with E-state index in [1.165, 1.54) is 16.2 Å². The molecule has 2 amide bonds. The fourth-order valence-corrected chi connectivity index (χ4v) is 2.83. The number of unbranched alkanes of at least 4 members (excludes halogenated alkanes) is 1. The number of hydrogen-bond acceptors (Lipinski definition) is 6. The molecule has 7 nitrogen and oxygen atoms in total. The van der Waals surface area contributed by atoms with Crippen LogP contribution in [0.15, 0.2) is 35.8 Å². The molecule has 2 aromatic rings. The van der Waals surface area contributed by atoms with Crippen LogP contribution in [-0.4, -0.2) is 55.1 Å². The summed E-state index contributed by atoms with van der Waals surface area (Å²) in [6.45, 7) is 3.34. The molecule has 0 saturated heterocycles. The summed E-state index contributed by atoms with van der Waals surface area (Å²) in [5, 5.41) is 4.97. The van der Waals surface area contributed by atoms with Crippen LogP contribution in [0.3, 0.4) is 0 Å². The molecule has 0 radical (unpaired) electrons. The van der Waals surface area contributed by atoms with Gasteiger partial charge in [0.05, 0.1) is 13.2 Å². The minimum Gasteiger partial charge on any atom is -0.494 e. The number of anilines is 1. The molecule has 1 heterocycles. The number of benzene rings is 1. The van der Waals surface area contributed by atoms with Crippen LogP contribution in [0.2, 0.25) is 0 Å². The van der Waals surface area contributed by atoms with E-state index in [0.717, 1.165) is 18.6 Å². The average Bonchev–Trinajstić information content (AvgIpc) is 3.18. The standard InChI is InChI=1S/C19H25N3O4S/c1-3-4-11-26-16-7-5-15(6-8-16)18(24)22(10-12-25-2)14-17(23)21-19-20-9-13-27-19/h5-9,13H,3-4,10-12,14H2,1-2H3,(H,20,21,23). The number of thiazole rings is 1. The van der Waals surface area contributed by atoms with Crippen molar-refractivity contribution in [1.29, 1.82) is 0 Å². The molecule has 8 heteroatoms. The summed E-state index contributed by atoms with van der Waals surface area (Å²) in [7, 11) is 1.56. The van der Waals surface area contributed by atoms with Crippen molar-refractivity contribution in [3.8, 4) is 5.75 Å². The Kier molecular flexibility index (Phi) is 8.73. The number of nitrogens with zero attached hydrogens (tertiary/aromatic N) is 2. The van der Waals surface area contributed by atoms with Gasteiger partial charge in [-0.05, 0) is 30.7 Å². The topological polar surface area (TPSA) is 80.8 Å². The molecule has 0 fully saturated rings. The lowest BCUT2D eigenvalue weighted by atomic mass is 10.2. The third-order valence-corrected chi connectivity index (χ3v) is 4.42. The molecule has 146 valence electrons. The number of aromatic nitrogens is 1. The smallest absolute Gasteiger partial charge is 0.254 e. The Morgan fingerprint density at radius 3 is 2.63 bits per heavy atom. The lowest BCUT2D eigenvalue weighted by molar-refractivity contribution is -0.117. The molecule has 0 unspecified atom stereocenters. The summed E-state index contributed by atoms with van der Waals surface area (Å²) in [4.78, 5) is 30.5. The Morgan fingerprint density at radius 2 is 2.00 bits per heavy atom. The predicted octanol–water partition coefficient (Wildman–Crippen LogP) is 3.05. The van der Waals surface area contributed by atoms with Gasteiger partial charge in [-0.15, -0.1) is 11.3 Å². The van der Waals surface area contributed by atoms with E-state index in [2.05, 4.69) is 17.2 Å². The predicted molar refractivity (Wildman–Crippen MR) is 105 cm³/mol. The van der Waals surface area contributed by atoms with Gasteiger partial charge in [0.2, 0.25) is 5.91 Å². The number of rotatable bonds is 11. The number of nitrogens with one attached hydrogen (secondary N) is 1. The third-order valence-electron chi connectivity index (χ3n) is 3.73. The van der Waals surface area contributed by atoms with Crippen molar-refractivity contribution >= 4 is 28.3 Å². The van der Waals surface area contributed by atoms with Crippen molar-refractivity contribution in [2.24, 2.45) is 0 Å². The minimum absolute atomic E-state index is 0.0729. The van der Waals surface area contributed by atoms with Crippen LogP contribution in [0.5, 0.6) is 5.75 Å². The highest BCUT2D eigenvalue weighted by Gasteiger charge is 2.19. The molecule has 0 aliphatic rings. The van der Waals surface area contributed by atoms with E-state index in [1.807, 2.05) is 0 Å². The van der Waals surface area contributed by atoms with Gasteiger partial charge in [0, 0.05) is 30.8 Å². The zero-order valence-electron chi connectivity index (χ0n) is 15.6. The Hall–Kier alpha value is -2.45. The van der Waals surface area contributed by atoms with Crippen molar-refractivity contribution in [2.75, 3.05) is 38.7 Å². The van der Waals surface area contributed by atoms with E-state index < -0.39 is 0 Å². The zero-order valence-corrected chi connectivity index (χ0v) is 16.5. The normalized spacial score (nSPS) is 10.4. The van der Waals surface area contributed by atoms with Gasteiger partial charge < -0.3 is 19.7 Å². The van der Waals surface area contributed by atoms with Crippen molar-refractivity contribution < 1.29 is 19.1 Å². The van der Waals surface area contributed by atoms with Gasteiger partial charge in [0.1, 0.15) is 12.3 Å². The van der Waals surface area contributed by atoms with E-state index in [4.69, 9.17) is 9.47 Å². The van der Waals surface area contributed by atoms with Crippen LogP contribution >= 0.6 is 11.3 Å². The molecular weight excluding hydrogens is 366 g/mol. The summed E-state index contributed by atoms with van der Waals surface area (Å²) in [6.07, 6.45) is 3.66. The monoisotopic (exact) mass is 391 g/mol. The number of carbonyl (C=O) groups excluding carboxylic acids is 2. The Morgan fingerprint density at radius 1 is 1.22 bits per heavy atom. The maximum Gasteiger partial charge on any atom is 0.254 e. The summed E-state index contributed by atoms with van der Waals surface area (Å²) < 4.78 is 10.7. The van der Waals surface area contributed by atoms with Crippen molar-refractivity contribution in [1.82, 2.24) is 9.88 Å². The molecular formula is C19H25N3O4S. The van der Waals surface area contributed by atoms with E-state index in [9.17, 15) is 9.59 Å². The van der Waals surface area contributed by atoms with Gasteiger partial charge in [0.25, 0.3) is 5.91 Å². The number of amides is 2. The molecule has 0 aliphatic heterocycles. The van der Waals surface area contributed by atoms with Gasteiger partial charge in [-0.3, -0.25) is 9.59 Å². The van der Waals surface area contributed by atoms with Gasteiger partial charge in [-0.1, -0.05) is 13.3 Å². The van der Waals surface area contributed by atoms with Crippen LogP contribution < -0.4 is 10.1 Å². The molecule has 0 aliphatic carbocycles. The van der Waals surface area contributed by atoms with Gasteiger partial charge in [-0.2, -0.15) is 0 Å². The summed E-state index contributed by atoms with van der Waals surface area (Å²) in [5.41, 5.74) is 0.496. The maximum atomic E-state index is 12.8. The SMILES string of the molecule is CCCCOc1ccc(C(=O)N(CCOC)CC(=O)Nc2nccs2)cc1. The fraction of sp³-hybridized carbons (Fsp3) is 0.421. The fourth-order valence-electron chi connectivity index (χ4n) is 2.28. The Balaban J connectivity index is 1.99. The van der Waals surface area contributed by atoms with Gasteiger partial charge in [-0.25, -0.2) is 4.98 Å². The van der Waals surface area contributed by atoms with Gasteiger partial charge in [0.15, 0.2) is 5.13 Å². The van der Waals surface area contributed by atoms with E-state index >= 15 is 0 Å². The Bertz CT molecular complexity index is 704. The highest BCUT2D eigenvalue weighted by Crippen LogP contribution is 2.15. The van der Waals surface area contributed by atoms with Crippen LogP contribution in [0.1, 0.15) is 30.1 Å². The maximum absolute atomic E-state index is 12.8. The molecule has 0 bridgehead atoms. The first-order valence-corrected chi connectivity index (χ1v) is 9.72. The van der Waals surface area contributed by atoms with Crippen molar-refractivity contribution in [2.45, 2.75) is 19.8 Å². The summed E-state index contributed by atoms with van der Waals surface area (Å²) in [6, 6.07) is 6.96. The zero-order chi connectivity index (χ0) is 19.5. The molecule has 1 aromatic heterocycles. The quantitative estimate of drug-likeness (QED) is 0.596. The second-order valence-electron chi connectivity index (χ2n) is 5.83. The largest absolute Gasteiger partial charge is 0.494 e. The third kappa shape index (κ3) is 6.99. The van der Waals surface area contributed by atoms with Crippen LogP contribution in [0.25, 0.3) is 0 Å². The highest BCUT2D eigenvalue weighted by atomic mass is 32.1. The second kappa shape index (κ2) is 11.3. The number of ether oxygens (including phenoxy) is 2.